The van der Waals surface area contributed by atoms with Gasteiger partial charge in [-0.1, -0.05) is 10.2 Å². The number of hydrogen-bond donors (Lipinski definition) is 0. The van der Waals surface area contributed by atoms with Gasteiger partial charge in [-0.25, -0.2) is 18.3 Å². The lowest BCUT2D eigenvalue weighted by Crippen LogP contribution is -3.00. The molecule has 0 spiro atoms. The fourth-order valence-corrected chi connectivity index (χ4v) is 4.76. The zero-order chi connectivity index (χ0) is 26.8. The molecule has 2 aromatic carbocycles. The van der Waals surface area contributed by atoms with Crippen LogP contribution in [0.15, 0.2) is 81.6 Å². The minimum Gasteiger partial charge on any atom is -1.00 e. The first kappa shape index (κ1) is 30.8. The van der Waals surface area contributed by atoms with Gasteiger partial charge in [-0.15, -0.1) is 0 Å². The van der Waals surface area contributed by atoms with Crippen LogP contribution in [0.2, 0.25) is 0 Å². The first-order chi connectivity index (χ1) is 18.3. The van der Waals surface area contributed by atoms with Crippen molar-refractivity contribution in [3.8, 4) is 0 Å². The maximum atomic E-state index is 4.50. The molecule has 5 rings (SSSR count). The molecule has 0 atom stereocenters. The molecular weight excluding hydrogens is 547 g/mol. The van der Waals surface area contributed by atoms with Crippen molar-refractivity contribution >= 4 is 34.6 Å². The van der Waals surface area contributed by atoms with Crippen LogP contribution in [0.1, 0.15) is 11.1 Å². The third-order valence-corrected chi connectivity index (χ3v) is 7.15. The first-order valence-electron chi connectivity index (χ1n) is 12.9. The molecule has 40 heavy (non-hydrogen) atoms. The molecule has 4 aromatic rings. The number of hydrogen-bond acceptors (Lipinski definition) is 6. The zero-order valence-corrected chi connectivity index (χ0v) is 25.3. The first-order valence-corrected chi connectivity index (χ1v) is 12.9. The Balaban J connectivity index is 0.00000220. The Bertz CT molecular complexity index is 1360. The predicted octanol–water partition coefficient (Wildman–Crippen LogP) is -1.21. The van der Waals surface area contributed by atoms with Crippen molar-refractivity contribution in [2.75, 3.05) is 36.0 Å². The van der Waals surface area contributed by atoms with Gasteiger partial charge in [0, 0.05) is 47.8 Å². The highest BCUT2D eigenvalue weighted by molar-refractivity contribution is 5.61. The van der Waals surface area contributed by atoms with Crippen LogP contribution in [0.5, 0.6) is 0 Å². The molecule has 0 unspecified atom stereocenters. The molecule has 12 heteroatoms. The monoisotopic (exact) mass is 582 g/mol. The number of benzene rings is 2. The Kier molecular flexibility index (Phi) is 10.1. The minimum atomic E-state index is 0. The number of azo groups is 2. The summed E-state index contributed by atoms with van der Waals surface area (Å²) in [5, 5.41) is 17.9. The van der Waals surface area contributed by atoms with Crippen LogP contribution < -0.4 is 43.7 Å². The number of piperazine rings is 1. The van der Waals surface area contributed by atoms with Gasteiger partial charge in [-0.2, -0.15) is 0 Å². The van der Waals surface area contributed by atoms with Crippen molar-refractivity contribution in [1.82, 2.24) is 9.13 Å². The molecule has 1 aliphatic rings. The maximum absolute atomic E-state index is 4.50. The summed E-state index contributed by atoms with van der Waals surface area (Å²) in [6.45, 7) is 8.04. The maximum Gasteiger partial charge on any atom is 0.421 e. The van der Waals surface area contributed by atoms with Gasteiger partial charge in [-0.05, 0) is 61.4 Å². The van der Waals surface area contributed by atoms with Gasteiger partial charge in [0.25, 0.3) is 0 Å². The van der Waals surface area contributed by atoms with Crippen LogP contribution in [0.25, 0.3) is 0 Å². The second-order valence-corrected chi connectivity index (χ2v) is 9.96. The van der Waals surface area contributed by atoms with E-state index in [1.165, 1.54) is 11.4 Å². The van der Waals surface area contributed by atoms with Gasteiger partial charge in [0.05, 0.1) is 53.0 Å². The summed E-state index contributed by atoms with van der Waals surface area (Å²) >= 11 is 0. The van der Waals surface area contributed by atoms with Crippen LogP contribution in [0, 0.1) is 13.8 Å². The number of aryl methyl sites for hydroxylation is 6. The van der Waals surface area contributed by atoms with Crippen LogP contribution in [-0.2, 0) is 28.2 Å². The van der Waals surface area contributed by atoms with Crippen molar-refractivity contribution in [1.29, 1.82) is 0 Å². The largest absolute Gasteiger partial charge is 1.00 e. The van der Waals surface area contributed by atoms with Gasteiger partial charge in [0.1, 0.15) is 11.4 Å². The zero-order valence-electron chi connectivity index (χ0n) is 23.8. The van der Waals surface area contributed by atoms with Crippen molar-refractivity contribution in [3.05, 3.63) is 72.3 Å². The molecule has 0 saturated carbocycles. The molecule has 1 fully saturated rings. The number of nitrogens with zero attached hydrogens (tertiary/aromatic N) is 10. The second-order valence-electron chi connectivity index (χ2n) is 9.96. The summed E-state index contributed by atoms with van der Waals surface area (Å²) in [7, 11) is 7.88. The summed E-state index contributed by atoms with van der Waals surface area (Å²) in [4.78, 5) is 4.88. The highest BCUT2D eigenvalue weighted by atomic mass is 35.5. The molecule has 212 valence electrons. The molecule has 1 saturated heterocycles. The number of aromatic nitrogens is 4. The van der Waals surface area contributed by atoms with E-state index in [9.17, 15) is 0 Å². The van der Waals surface area contributed by atoms with Gasteiger partial charge >= 0.3 is 11.9 Å². The average Bonchev–Trinajstić information content (AvgIpc) is 3.41. The van der Waals surface area contributed by atoms with Crippen LogP contribution >= 0.6 is 0 Å². The van der Waals surface area contributed by atoms with Gasteiger partial charge in [-0.3, -0.25) is 0 Å². The van der Waals surface area contributed by atoms with Crippen molar-refractivity contribution in [2.24, 2.45) is 48.6 Å². The Morgan fingerprint density at radius 2 is 0.975 bits per heavy atom. The van der Waals surface area contributed by atoms with Gasteiger partial charge in [0.2, 0.25) is 0 Å². The average molecular weight is 584 g/mol. The van der Waals surface area contributed by atoms with Crippen molar-refractivity contribution in [2.45, 2.75) is 13.8 Å². The van der Waals surface area contributed by atoms with E-state index in [4.69, 9.17) is 0 Å². The normalized spacial score (nSPS) is 13.7. The second kappa shape index (κ2) is 13.1. The molecule has 0 amide bonds. The van der Waals surface area contributed by atoms with Gasteiger partial charge < -0.3 is 34.6 Å². The van der Waals surface area contributed by atoms with E-state index in [-0.39, 0.29) is 24.8 Å². The summed E-state index contributed by atoms with van der Waals surface area (Å²) in [6.07, 6.45) is 7.88. The Labute approximate surface area is 248 Å². The molecule has 2 aromatic heterocycles. The van der Waals surface area contributed by atoms with Gasteiger partial charge in [0.15, 0.2) is 0 Å². The number of halogens is 2. The molecule has 1 aliphatic heterocycles. The molecule has 0 aliphatic carbocycles. The van der Waals surface area contributed by atoms with E-state index in [1.54, 1.807) is 0 Å². The quantitative estimate of drug-likeness (QED) is 0.211. The molecule has 0 radical (unpaired) electrons. The SMILES string of the molecule is Cc1cc(N2CCN(c3ccc(N=Nc4n(C)cc[n+]4C)c(C)c3)CC2)ccc1N=Nc1n(C)cc[n+]1C.[Cl-].[Cl-]. The summed E-state index contributed by atoms with van der Waals surface area (Å²) in [5.74, 6) is 1.61. The van der Waals surface area contributed by atoms with Crippen LogP contribution in [0.4, 0.5) is 34.6 Å². The van der Waals surface area contributed by atoms with E-state index in [1.807, 2.05) is 71.2 Å². The molecule has 0 N–H and O–H groups in total. The van der Waals surface area contributed by atoms with Crippen LogP contribution in [0.3, 0.4) is 0 Å². The van der Waals surface area contributed by atoms with E-state index >= 15 is 0 Å². The van der Waals surface area contributed by atoms with E-state index in [2.05, 4.69) is 80.5 Å². The Morgan fingerprint density at radius 1 is 0.600 bits per heavy atom. The van der Waals surface area contributed by atoms with Crippen LogP contribution in [-0.4, -0.2) is 35.3 Å². The lowest BCUT2D eigenvalue weighted by Gasteiger charge is -2.37. The lowest BCUT2D eigenvalue weighted by molar-refractivity contribution is -0.657. The molecule has 3 heterocycles. The Hall–Kier alpha value is -3.76. The molecule has 0 bridgehead atoms. The van der Waals surface area contributed by atoms with Crippen molar-refractivity contribution in [3.63, 3.8) is 0 Å². The Morgan fingerprint density at radius 3 is 1.27 bits per heavy atom. The standard InChI is InChI=1S/C28H36N10.2ClH/c1-21-19-23(7-9-25(21)29-31-27-33(3)11-12-34(27)4)37-15-17-38(18-16-37)24-8-10-26(22(2)20-24)30-32-28-35(5)13-14-36(28)6;;/h7-14,19-20H,15-18H2,1-6H3;2*1H/q+2;;/p-2. The third kappa shape index (κ3) is 6.51. The molecule has 10 nitrogen and oxygen atoms in total. The summed E-state index contributed by atoms with van der Waals surface area (Å²) in [5.41, 5.74) is 6.48. The smallest absolute Gasteiger partial charge is 0.421 e. The van der Waals surface area contributed by atoms with E-state index < -0.39 is 0 Å². The lowest BCUT2D eigenvalue weighted by atomic mass is 10.1. The highest BCUT2D eigenvalue weighted by Gasteiger charge is 2.19. The van der Waals surface area contributed by atoms with E-state index in [0.717, 1.165) is 60.6 Å². The highest BCUT2D eigenvalue weighted by Crippen LogP contribution is 2.29. The third-order valence-electron chi connectivity index (χ3n) is 7.15. The minimum absolute atomic E-state index is 0. The van der Waals surface area contributed by atoms with Crippen molar-refractivity contribution < 1.29 is 33.9 Å². The number of imidazole rings is 2. The van der Waals surface area contributed by atoms with E-state index in [0.29, 0.717) is 0 Å². The predicted molar refractivity (Wildman–Crippen MR) is 148 cm³/mol. The summed E-state index contributed by atoms with van der Waals surface area (Å²) in [6, 6.07) is 12.9. The number of anilines is 2. The topological polar surface area (TPSA) is 73.5 Å². The fourth-order valence-electron chi connectivity index (χ4n) is 4.76. The fraction of sp³-hybridized carbons (Fsp3) is 0.357. The number of rotatable bonds is 6. The molecular formula is C28H36Cl2N10. The summed E-state index contributed by atoms with van der Waals surface area (Å²) < 4.78 is 7.82.